The first-order valence-corrected chi connectivity index (χ1v) is 5.59. The van der Waals surface area contributed by atoms with E-state index in [1.54, 1.807) is 6.07 Å². The first kappa shape index (κ1) is 10.8. The molecule has 2 N–H and O–H groups in total. The zero-order valence-corrected chi connectivity index (χ0v) is 9.32. The van der Waals surface area contributed by atoms with E-state index in [0.29, 0.717) is 12.0 Å². The Balaban J connectivity index is 2.53. The van der Waals surface area contributed by atoms with Crippen LogP contribution in [0.5, 0.6) is 11.5 Å². The molecule has 1 fully saturated rings. The number of hydrogen-bond acceptors (Lipinski definition) is 3. The summed E-state index contributed by atoms with van der Waals surface area (Å²) < 4.78 is 0. The SMILES string of the molecule is CCc1cc(C2(C#N)CCC2)c(O)cc1O. The average Bonchev–Trinajstić information content (AvgIpc) is 2.20. The molecule has 0 atom stereocenters. The maximum absolute atomic E-state index is 9.83. The second kappa shape index (κ2) is 3.71. The van der Waals surface area contributed by atoms with E-state index in [2.05, 4.69) is 6.07 Å². The Morgan fingerprint density at radius 2 is 2.00 bits per heavy atom. The Morgan fingerprint density at radius 3 is 2.44 bits per heavy atom. The smallest absolute Gasteiger partial charge is 0.124 e. The van der Waals surface area contributed by atoms with Crippen molar-refractivity contribution in [2.45, 2.75) is 38.0 Å². The molecule has 0 radical (unpaired) electrons. The Kier molecular flexibility index (Phi) is 2.51. The summed E-state index contributed by atoms with van der Waals surface area (Å²) in [6.07, 6.45) is 3.31. The fourth-order valence-electron chi connectivity index (χ4n) is 2.26. The minimum Gasteiger partial charge on any atom is -0.508 e. The normalized spacial score (nSPS) is 17.5. The summed E-state index contributed by atoms with van der Waals surface area (Å²) in [6.45, 7) is 1.94. The van der Waals surface area contributed by atoms with Gasteiger partial charge in [-0.25, -0.2) is 0 Å². The van der Waals surface area contributed by atoms with Gasteiger partial charge in [-0.1, -0.05) is 6.92 Å². The highest BCUT2D eigenvalue weighted by Gasteiger charge is 2.41. The van der Waals surface area contributed by atoms with Gasteiger partial charge in [-0.15, -0.1) is 0 Å². The molecule has 0 aliphatic heterocycles. The lowest BCUT2D eigenvalue weighted by atomic mass is 9.65. The van der Waals surface area contributed by atoms with Crippen LogP contribution in [0.25, 0.3) is 0 Å². The summed E-state index contributed by atoms with van der Waals surface area (Å²) in [7, 11) is 0. The van der Waals surface area contributed by atoms with Crippen molar-refractivity contribution in [3.63, 3.8) is 0 Å². The molecule has 0 bridgehead atoms. The molecule has 0 heterocycles. The number of benzene rings is 1. The van der Waals surface area contributed by atoms with Crippen molar-refractivity contribution in [1.29, 1.82) is 5.26 Å². The maximum atomic E-state index is 9.83. The lowest BCUT2D eigenvalue weighted by Gasteiger charge is -2.36. The van der Waals surface area contributed by atoms with E-state index in [-0.39, 0.29) is 11.5 Å². The van der Waals surface area contributed by atoms with Crippen LogP contribution in [-0.2, 0) is 11.8 Å². The molecule has 16 heavy (non-hydrogen) atoms. The molecule has 1 aromatic rings. The van der Waals surface area contributed by atoms with E-state index >= 15 is 0 Å². The van der Waals surface area contributed by atoms with E-state index in [1.165, 1.54) is 6.07 Å². The third-order valence-corrected chi connectivity index (χ3v) is 3.51. The van der Waals surface area contributed by atoms with Crippen molar-refractivity contribution in [3.8, 4) is 17.6 Å². The first-order valence-electron chi connectivity index (χ1n) is 5.59. The van der Waals surface area contributed by atoms with Crippen LogP contribution in [0.4, 0.5) is 0 Å². The fourth-order valence-corrected chi connectivity index (χ4v) is 2.26. The Labute approximate surface area is 95.0 Å². The molecule has 0 amide bonds. The van der Waals surface area contributed by atoms with Gasteiger partial charge in [0.1, 0.15) is 11.5 Å². The molecule has 1 aromatic carbocycles. The number of phenolic OH excluding ortho intramolecular Hbond substituents is 2. The van der Waals surface area contributed by atoms with E-state index in [0.717, 1.165) is 24.8 Å². The quantitative estimate of drug-likeness (QED) is 0.800. The van der Waals surface area contributed by atoms with Crippen molar-refractivity contribution in [2.75, 3.05) is 0 Å². The summed E-state index contributed by atoms with van der Waals surface area (Å²) >= 11 is 0. The van der Waals surface area contributed by atoms with Crippen molar-refractivity contribution >= 4 is 0 Å². The minimum atomic E-state index is -0.526. The number of nitriles is 1. The average molecular weight is 217 g/mol. The molecule has 0 aromatic heterocycles. The number of hydrogen-bond donors (Lipinski definition) is 2. The molecule has 2 rings (SSSR count). The highest BCUT2D eigenvalue weighted by Crippen LogP contribution is 2.47. The van der Waals surface area contributed by atoms with Crippen LogP contribution in [0.3, 0.4) is 0 Å². The summed E-state index contributed by atoms with van der Waals surface area (Å²) in [6, 6.07) is 5.42. The summed E-state index contributed by atoms with van der Waals surface area (Å²) in [5.41, 5.74) is 0.937. The molecule has 84 valence electrons. The van der Waals surface area contributed by atoms with Gasteiger partial charge < -0.3 is 10.2 Å². The molecule has 1 saturated carbocycles. The van der Waals surface area contributed by atoms with E-state index in [1.807, 2.05) is 6.92 Å². The van der Waals surface area contributed by atoms with Crippen molar-refractivity contribution in [1.82, 2.24) is 0 Å². The number of nitrogens with zero attached hydrogens (tertiary/aromatic N) is 1. The largest absolute Gasteiger partial charge is 0.508 e. The third-order valence-electron chi connectivity index (χ3n) is 3.51. The van der Waals surface area contributed by atoms with Crippen molar-refractivity contribution < 1.29 is 10.2 Å². The zero-order valence-electron chi connectivity index (χ0n) is 9.32. The molecule has 1 aliphatic rings. The predicted molar refractivity (Wildman–Crippen MR) is 60.3 cm³/mol. The first-order chi connectivity index (χ1) is 7.63. The minimum absolute atomic E-state index is 0.0379. The Hall–Kier alpha value is -1.69. The van der Waals surface area contributed by atoms with E-state index in [4.69, 9.17) is 0 Å². The van der Waals surface area contributed by atoms with Crippen LogP contribution >= 0.6 is 0 Å². The van der Waals surface area contributed by atoms with Crippen LogP contribution in [0.15, 0.2) is 12.1 Å². The van der Waals surface area contributed by atoms with Crippen LogP contribution in [0.2, 0.25) is 0 Å². The van der Waals surface area contributed by atoms with Gasteiger partial charge in [0.2, 0.25) is 0 Å². The molecule has 0 saturated heterocycles. The second-order valence-corrected chi connectivity index (χ2v) is 4.40. The summed E-state index contributed by atoms with van der Waals surface area (Å²) in [4.78, 5) is 0. The molecule has 3 nitrogen and oxygen atoms in total. The number of rotatable bonds is 2. The van der Waals surface area contributed by atoms with Gasteiger partial charge in [-0.3, -0.25) is 0 Å². The number of aromatic hydroxyl groups is 2. The summed E-state index contributed by atoms with van der Waals surface area (Å²) in [5.74, 6) is 0.145. The molecular formula is C13H15NO2. The maximum Gasteiger partial charge on any atom is 0.124 e. The predicted octanol–water partition coefficient (Wildman–Crippen LogP) is 2.61. The van der Waals surface area contributed by atoms with E-state index in [9.17, 15) is 15.5 Å². The fraction of sp³-hybridized carbons (Fsp3) is 0.462. The molecule has 3 heteroatoms. The van der Waals surface area contributed by atoms with Crippen LogP contribution in [0, 0.1) is 11.3 Å². The molecular weight excluding hydrogens is 202 g/mol. The highest BCUT2D eigenvalue weighted by atomic mass is 16.3. The summed E-state index contributed by atoms with van der Waals surface area (Å²) in [5, 5.41) is 28.7. The standard InChI is InChI=1S/C13H15NO2/c1-2-9-6-10(12(16)7-11(9)15)13(8-14)4-3-5-13/h6-7,15-16H,2-5H2,1H3. The second-order valence-electron chi connectivity index (χ2n) is 4.40. The number of aryl methyl sites for hydroxylation is 1. The van der Waals surface area contributed by atoms with E-state index < -0.39 is 5.41 Å². The van der Waals surface area contributed by atoms with Crippen molar-refractivity contribution in [3.05, 3.63) is 23.3 Å². The van der Waals surface area contributed by atoms with Crippen LogP contribution < -0.4 is 0 Å². The molecule has 0 spiro atoms. The Morgan fingerprint density at radius 1 is 1.31 bits per heavy atom. The molecule has 1 aliphatic carbocycles. The van der Waals surface area contributed by atoms with Gasteiger partial charge in [-0.2, -0.15) is 5.26 Å². The highest BCUT2D eigenvalue weighted by molar-refractivity contribution is 5.51. The Bertz CT molecular complexity index is 456. The monoisotopic (exact) mass is 217 g/mol. The third kappa shape index (κ3) is 1.42. The van der Waals surface area contributed by atoms with Gasteiger partial charge >= 0.3 is 0 Å². The van der Waals surface area contributed by atoms with Gasteiger partial charge in [0.05, 0.1) is 11.5 Å². The van der Waals surface area contributed by atoms with Gasteiger partial charge in [0.25, 0.3) is 0 Å². The van der Waals surface area contributed by atoms with Gasteiger partial charge in [0.15, 0.2) is 0 Å². The van der Waals surface area contributed by atoms with Gasteiger partial charge in [0, 0.05) is 11.6 Å². The van der Waals surface area contributed by atoms with Crippen LogP contribution in [-0.4, -0.2) is 10.2 Å². The zero-order chi connectivity index (χ0) is 11.8. The van der Waals surface area contributed by atoms with Crippen LogP contribution in [0.1, 0.15) is 37.3 Å². The number of phenols is 2. The lowest BCUT2D eigenvalue weighted by Crippen LogP contribution is -2.32. The molecule has 0 unspecified atom stereocenters. The topological polar surface area (TPSA) is 64.2 Å². The van der Waals surface area contributed by atoms with Gasteiger partial charge in [-0.05, 0) is 37.3 Å². The van der Waals surface area contributed by atoms with Crippen molar-refractivity contribution in [2.24, 2.45) is 0 Å². The lowest BCUT2D eigenvalue weighted by molar-refractivity contribution is 0.310.